The number of aliphatic hydroxyl groups is 1. The average Bonchev–Trinajstić information content (AvgIpc) is 3.27. The number of benzene rings is 3. The lowest BCUT2D eigenvalue weighted by molar-refractivity contribution is 0.0722. The maximum atomic E-state index is 13.4. The molecule has 2 heterocycles. The number of nitrogens with zero attached hydrogens (tertiary/aromatic N) is 1. The summed E-state index contributed by atoms with van der Waals surface area (Å²) in [6.45, 7) is 2.56. The fourth-order valence-corrected chi connectivity index (χ4v) is 4.99. The van der Waals surface area contributed by atoms with Gasteiger partial charge in [-0.2, -0.15) is 0 Å². The molecule has 0 fully saturated rings. The van der Waals surface area contributed by atoms with E-state index in [0.717, 1.165) is 41.4 Å². The molecule has 1 unspecified atom stereocenters. The van der Waals surface area contributed by atoms with Crippen molar-refractivity contribution >= 4 is 37.8 Å². The van der Waals surface area contributed by atoms with E-state index < -0.39 is 6.10 Å². The van der Waals surface area contributed by atoms with Crippen LogP contribution in [0.25, 0.3) is 26.4 Å². The van der Waals surface area contributed by atoms with Crippen LogP contribution in [0.3, 0.4) is 0 Å². The molecule has 5 rings (SSSR count). The second-order valence-corrected chi connectivity index (χ2v) is 8.95. The predicted octanol–water partition coefficient (Wildman–Crippen LogP) is 5.72. The first-order valence-corrected chi connectivity index (χ1v) is 11.4. The van der Waals surface area contributed by atoms with Gasteiger partial charge in [0.1, 0.15) is 24.3 Å². The van der Waals surface area contributed by atoms with Crippen LogP contribution in [0.5, 0.6) is 5.75 Å². The third-order valence-corrected chi connectivity index (χ3v) is 6.70. The molecule has 1 aromatic heterocycles. The van der Waals surface area contributed by atoms with E-state index in [9.17, 15) is 9.50 Å². The molecule has 0 saturated carbocycles. The van der Waals surface area contributed by atoms with Crippen molar-refractivity contribution in [2.24, 2.45) is 0 Å². The quantitative estimate of drug-likeness (QED) is 0.422. The van der Waals surface area contributed by atoms with Gasteiger partial charge in [0, 0.05) is 29.7 Å². The summed E-state index contributed by atoms with van der Waals surface area (Å²) in [4.78, 5) is 2.25. The van der Waals surface area contributed by atoms with E-state index in [2.05, 4.69) is 40.6 Å². The molecule has 158 valence electrons. The second-order valence-electron chi connectivity index (χ2n) is 8.00. The van der Waals surface area contributed by atoms with Crippen LogP contribution in [-0.2, 0) is 0 Å². The van der Waals surface area contributed by atoms with E-state index in [1.54, 1.807) is 17.4 Å². The van der Waals surface area contributed by atoms with Crippen LogP contribution < -0.4 is 4.74 Å². The Balaban J connectivity index is 1.18. The van der Waals surface area contributed by atoms with Gasteiger partial charge in [-0.05, 0) is 70.1 Å². The zero-order valence-electron chi connectivity index (χ0n) is 17.1. The SMILES string of the molecule is OC(COc1cccc2sccc12)CN1CC=C(c2ccc3cc(F)ccc3c2)CC1. The molecule has 0 spiro atoms. The van der Waals surface area contributed by atoms with Crippen LogP contribution >= 0.6 is 11.3 Å². The third-order valence-electron chi connectivity index (χ3n) is 5.82. The monoisotopic (exact) mass is 433 g/mol. The van der Waals surface area contributed by atoms with Crippen molar-refractivity contribution in [3.63, 3.8) is 0 Å². The van der Waals surface area contributed by atoms with Gasteiger partial charge in [-0.15, -0.1) is 11.3 Å². The average molecular weight is 434 g/mol. The molecule has 1 aliphatic heterocycles. The van der Waals surface area contributed by atoms with Crippen molar-refractivity contribution in [2.75, 3.05) is 26.2 Å². The molecular formula is C26H24FNO2S. The molecule has 3 aromatic carbocycles. The first-order chi connectivity index (χ1) is 15.2. The maximum absolute atomic E-state index is 13.4. The zero-order chi connectivity index (χ0) is 21.2. The number of aliphatic hydroxyl groups excluding tert-OH is 1. The van der Waals surface area contributed by atoms with Gasteiger partial charge in [-0.25, -0.2) is 4.39 Å². The van der Waals surface area contributed by atoms with Crippen molar-refractivity contribution in [2.45, 2.75) is 12.5 Å². The Hall–Kier alpha value is -2.73. The molecule has 31 heavy (non-hydrogen) atoms. The van der Waals surface area contributed by atoms with Gasteiger partial charge in [0.05, 0.1) is 0 Å². The minimum absolute atomic E-state index is 0.206. The lowest BCUT2D eigenvalue weighted by Crippen LogP contribution is -2.38. The number of β-amino-alcohol motifs (C(OH)–C–C–N with tert-alkyl or cyclic N) is 1. The molecule has 4 aromatic rings. The summed E-state index contributed by atoms with van der Waals surface area (Å²) in [5.74, 6) is 0.622. The molecule has 3 nitrogen and oxygen atoms in total. The maximum Gasteiger partial charge on any atom is 0.128 e. The van der Waals surface area contributed by atoms with Crippen LogP contribution in [0.2, 0.25) is 0 Å². The Morgan fingerprint density at radius 2 is 1.94 bits per heavy atom. The second kappa shape index (κ2) is 8.79. The molecule has 0 radical (unpaired) electrons. The third kappa shape index (κ3) is 4.49. The first kappa shape index (κ1) is 20.2. The van der Waals surface area contributed by atoms with Crippen LogP contribution in [0.15, 0.2) is 72.1 Å². The van der Waals surface area contributed by atoms with Crippen molar-refractivity contribution in [1.29, 1.82) is 0 Å². The number of rotatable bonds is 6. The molecule has 1 aliphatic rings. The molecule has 5 heteroatoms. The highest BCUT2D eigenvalue weighted by molar-refractivity contribution is 7.17. The zero-order valence-corrected chi connectivity index (χ0v) is 17.9. The molecule has 0 amide bonds. The van der Waals surface area contributed by atoms with Crippen molar-refractivity contribution in [3.8, 4) is 5.75 Å². The van der Waals surface area contributed by atoms with Crippen LogP contribution in [0, 0.1) is 5.82 Å². The summed E-state index contributed by atoms with van der Waals surface area (Å²) in [6, 6.07) is 19.2. The minimum atomic E-state index is -0.542. The van der Waals surface area contributed by atoms with E-state index in [1.807, 2.05) is 24.3 Å². The number of halogens is 1. The Morgan fingerprint density at radius 3 is 2.81 bits per heavy atom. The number of hydrogen-bond acceptors (Lipinski definition) is 4. The fraction of sp³-hybridized carbons (Fsp3) is 0.231. The fourth-order valence-electron chi connectivity index (χ4n) is 4.18. The predicted molar refractivity (Wildman–Crippen MR) is 126 cm³/mol. The number of fused-ring (bicyclic) bond motifs is 2. The number of ether oxygens (including phenoxy) is 1. The minimum Gasteiger partial charge on any atom is -0.490 e. The summed E-state index contributed by atoms with van der Waals surface area (Å²) in [7, 11) is 0. The van der Waals surface area contributed by atoms with E-state index in [0.29, 0.717) is 6.54 Å². The summed E-state index contributed by atoms with van der Waals surface area (Å²) >= 11 is 1.69. The van der Waals surface area contributed by atoms with Gasteiger partial charge in [0.2, 0.25) is 0 Å². The first-order valence-electron chi connectivity index (χ1n) is 10.5. The lowest BCUT2D eigenvalue weighted by Gasteiger charge is -2.28. The van der Waals surface area contributed by atoms with Gasteiger partial charge in [-0.3, -0.25) is 4.90 Å². The lowest BCUT2D eigenvalue weighted by atomic mass is 9.96. The van der Waals surface area contributed by atoms with Crippen molar-refractivity contribution in [3.05, 3.63) is 83.5 Å². The normalized spacial score (nSPS) is 15.9. The van der Waals surface area contributed by atoms with Gasteiger partial charge in [0.15, 0.2) is 0 Å². The van der Waals surface area contributed by atoms with Gasteiger partial charge >= 0.3 is 0 Å². The van der Waals surface area contributed by atoms with Crippen LogP contribution in [0.1, 0.15) is 12.0 Å². The Morgan fingerprint density at radius 1 is 1.06 bits per heavy atom. The highest BCUT2D eigenvalue weighted by Gasteiger charge is 2.17. The van der Waals surface area contributed by atoms with Crippen LogP contribution in [0.4, 0.5) is 4.39 Å². The van der Waals surface area contributed by atoms with Gasteiger partial charge in [-0.1, -0.05) is 30.3 Å². The Labute approximate surface area is 185 Å². The molecule has 0 bridgehead atoms. The summed E-state index contributed by atoms with van der Waals surface area (Å²) < 4.78 is 20.5. The van der Waals surface area contributed by atoms with Crippen molar-refractivity contribution < 1.29 is 14.2 Å². The van der Waals surface area contributed by atoms with E-state index in [4.69, 9.17) is 4.74 Å². The largest absolute Gasteiger partial charge is 0.490 e. The van der Waals surface area contributed by atoms with E-state index >= 15 is 0 Å². The Bertz CT molecular complexity index is 1250. The van der Waals surface area contributed by atoms with Gasteiger partial charge in [0.25, 0.3) is 0 Å². The number of hydrogen-bond donors (Lipinski definition) is 1. The number of thiophene rings is 1. The van der Waals surface area contributed by atoms with Crippen LogP contribution in [-0.4, -0.2) is 42.4 Å². The summed E-state index contributed by atoms with van der Waals surface area (Å²) in [6.07, 6.45) is 2.61. The Kier molecular flexibility index (Phi) is 5.72. The summed E-state index contributed by atoms with van der Waals surface area (Å²) in [5, 5.41) is 15.6. The summed E-state index contributed by atoms with van der Waals surface area (Å²) in [5.41, 5.74) is 2.49. The highest BCUT2D eigenvalue weighted by atomic mass is 32.1. The molecule has 0 aliphatic carbocycles. The molecule has 1 atom stereocenters. The standard InChI is InChI=1S/C26H24FNO2S/c27-22-7-6-20-14-19(4-5-21(20)15-22)18-8-11-28(12-9-18)16-23(29)17-30-25-2-1-3-26-24(25)10-13-31-26/h1-8,10,13-15,23,29H,9,11-12,16-17H2. The molecular weight excluding hydrogens is 409 g/mol. The van der Waals surface area contributed by atoms with Crippen molar-refractivity contribution in [1.82, 2.24) is 4.90 Å². The van der Waals surface area contributed by atoms with E-state index in [1.165, 1.54) is 21.9 Å². The van der Waals surface area contributed by atoms with E-state index in [-0.39, 0.29) is 12.4 Å². The molecule has 1 N–H and O–H groups in total. The highest BCUT2D eigenvalue weighted by Crippen LogP contribution is 2.30. The topological polar surface area (TPSA) is 32.7 Å². The van der Waals surface area contributed by atoms with Gasteiger partial charge < -0.3 is 9.84 Å². The smallest absolute Gasteiger partial charge is 0.128 e. The molecule has 0 saturated heterocycles.